The Morgan fingerprint density at radius 2 is 2.10 bits per heavy atom. The Balaban J connectivity index is 2.00. The number of esters is 1. The largest absolute Gasteiger partial charge is 0.459 e. The highest BCUT2D eigenvalue weighted by atomic mass is 16.5. The highest BCUT2D eigenvalue weighted by Gasteiger charge is 2.16. The van der Waals surface area contributed by atoms with E-state index < -0.39 is 11.9 Å². The van der Waals surface area contributed by atoms with Crippen molar-refractivity contribution in [2.75, 3.05) is 6.61 Å². The normalized spacial score (nSPS) is 10.2. The minimum Gasteiger partial charge on any atom is -0.459 e. The van der Waals surface area contributed by atoms with Crippen LogP contribution in [0.2, 0.25) is 0 Å². The Kier molecular flexibility index (Phi) is 4.65. The summed E-state index contributed by atoms with van der Waals surface area (Å²) in [6.45, 7) is 3.67. The van der Waals surface area contributed by atoms with Crippen LogP contribution in [0.4, 0.5) is 0 Å². The molecule has 0 atom stereocenters. The summed E-state index contributed by atoms with van der Waals surface area (Å²) >= 11 is 0. The number of hydrogen-bond acceptors (Lipinski definition) is 6. The topological polar surface area (TPSA) is 94.3 Å². The second-order valence-corrected chi connectivity index (χ2v) is 4.23. The predicted octanol–water partition coefficient (Wildman–Crippen LogP) is 1.22. The van der Waals surface area contributed by atoms with E-state index in [2.05, 4.69) is 20.2 Å². The molecule has 0 fully saturated rings. The van der Waals surface area contributed by atoms with Crippen LogP contribution in [0.3, 0.4) is 0 Å². The summed E-state index contributed by atoms with van der Waals surface area (Å²) in [5.74, 6) is -1.12. The van der Waals surface area contributed by atoms with Gasteiger partial charge in [-0.3, -0.25) is 4.79 Å². The molecule has 1 aromatic heterocycles. The summed E-state index contributed by atoms with van der Waals surface area (Å²) in [6, 6.07) is 7.61. The van der Waals surface area contributed by atoms with Crippen LogP contribution in [0, 0.1) is 6.92 Å². The zero-order chi connectivity index (χ0) is 15.2. The van der Waals surface area contributed by atoms with E-state index in [1.165, 1.54) is 0 Å². The zero-order valence-corrected chi connectivity index (χ0v) is 11.8. The lowest BCUT2D eigenvalue weighted by atomic mass is 10.1. The fourth-order valence-electron chi connectivity index (χ4n) is 1.68. The molecule has 2 aromatic rings. The summed E-state index contributed by atoms with van der Waals surface area (Å²) < 4.78 is 9.60. The SMILES string of the molecule is CCOC(=O)C(=O)NCc1nc(-c2ccccc2C)no1. The lowest BCUT2D eigenvalue weighted by Crippen LogP contribution is -2.32. The molecular formula is C14H15N3O4. The number of nitrogens with zero attached hydrogens (tertiary/aromatic N) is 2. The maximum Gasteiger partial charge on any atom is 0.396 e. The summed E-state index contributed by atoms with van der Waals surface area (Å²) in [7, 11) is 0. The first-order valence-electron chi connectivity index (χ1n) is 6.45. The van der Waals surface area contributed by atoms with E-state index in [0.29, 0.717) is 5.82 Å². The molecular weight excluding hydrogens is 274 g/mol. The minimum atomic E-state index is -0.934. The molecule has 1 aromatic carbocycles. The number of rotatable bonds is 4. The molecule has 0 radical (unpaired) electrons. The van der Waals surface area contributed by atoms with E-state index in [0.717, 1.165) is 11.1 Å². The van der Waals surface area contributed by atoms with Crippen molar-refractivity contribution in [3.63, 3.8) is 0 Å². The van der Waals surface area contributed by atoms with E-state index in [9.17, 15) is 9.59 Å². The molecule has 0 aliphatic rings. The van der Waals surface area contributed by atoms with E-state index in [4.69, 9.17) is 4.52 Å². The molecule has 7 nitrogen and oxygen atoms in total. The fraction of sp³-hybridized carbons (Fsp3) is 0.286. The Bertz CT molecular complexity index is 651. The number of nitrogens with one attached hydrogen (secondary N) is 1. The molecule has 0 bridgehead atoms. The minimum absolute atomic E-state index is 0.0312. The van der Waals surface area contributed by atoms with Gasteiger partial charge in [0, 0.05) is 5.56 Å². The van der Waals surface area contributed by atoms with Gasteiger partial charge in [0.25, 0.3) is 0 Å². The Morgan fingerprint density at radius 1 is 1.33 bits per heavy atom. The monoisotopic (exact) mass is 289 g/mol. The van der Waals surface area contributed by atoms with Crippen LogP contribution in [0.15, 0.2) is 28.8 Å². The number of benzene rings is 1. The molecule has 1 amide bonds. The van der Waals surface area contributed by atoms with Crippen LogP contribution in [0.25, 0.3) is 11.4 Å². The number of hydrogen-bond donors (Lipinski definition) is 1. The van der Waals surface area contributed by atoms with Gasteiger partial charge in [-0.05, 0) is 19.4 Å². The van der Waals surface area contributed by atoms with Gasteiger partial charge < -0.3 is 14.6 Å². The van der Waals surface area contributed by atoms with Gasteiger partial charge in [-0.1, -0.05) is 29.4 Å². The van der Waals surface area contributed by atoms with Crippen LogP contribution >= 0.6 is 0 Å². The number of carbonyl (C=O) groups excluding carboxylic acids is 2. The van der Waals surface area contributed by atoms with Gasteiger partial charge in [0.1, 0.15) is 0 Å². The third-order valence-electron chi connectivity index (χ3n) is 2.72. The fourth-order valence-corrected chi connectivity index (χ4v) is 1.68. The number of aryl methyl sites for hydroxylation is 1. The van der Waals surface area contributed by atoms with Gasteiger partial charge in [0.15, 0.2) is 0 Å². The maximum absolute atomic E-state index is 11.4. The third-order valence-corrected chi connectivity index (χ3v) is 2.72. The molecule has 0 saturated carbocycles. The summed E-state index contributed by atoms with van der Waals surface area (Å²) in [6.07, 6.45) is 0. The molecule has 0 unspecified atom stereocenters. The Labute approximate surface area is 121 Å². The molecule has 1 heterocycles. The molecule has 1 N–H and O–H groups in total. The van der Waals surface area contributed by atoms with Crippen LogP contribution in [0.1, 0.15) is 18.4 Å². The van der Waals surface area contributed by atoms with Gasteiger partial charge in [-0.15, -0.1) is 0 Å². The highest BCUT2D eigenvalue weighted by molar-refractivity contribution is 6.32. The Hall–Kier alpha value is -2.70. The van der Waals surface area contributed by atoms with Crippen molar-refractivity contribution in [1.29, 1.82) is 0 Å². The van der Waals surface area contributed by atoms with Crippen molar-refractivity contribution in [2.24, 2.45) is 0 Å². The van der Waals surface area contributed by atoms with Crippen molar-refractivity contribution in [1.82, 2.24) is 15.5 Å². The second kappa shape index (κ2) is 6.65. The summed E-state index contributed by atoms with van der Waals surface area (Å²) in [5, 5.41) is 6.21. The van der Waals surface area contributed by atoms with Crippen LogP contribution < -0.4 is 5.32 Å². The highest BCUT2D eigenvalue weighted by Crippen LogP contribution is 2.19. The van der Waals surface area contributed by atoms with Crippen LogP contribution in [-0.4, -0.2) is 28.6 Å². The van der Waals surface area contributed by atoms with Crippen molar-refractivity contribution >= 4 is 11.9 Å². The zero-order valence-electron chi connectivity index (χ0n) is 11.8. The van der Waals surface area contributed by atoms with Gasteiger partial charge in [0.2, 0.25) is 11.7 Å². The van der Waals surface area contributed by atoms with E-state index in [1.807, 2.05) is 31.2 Å². The van der Waals surface area contributed by atoms with Crippen molar-refractivity contribution < 1.29 is 18.8 Å². The average molecular weight is 289 g/mol. The van der Waals surface area contributed by atoms with Crippen LogP contribution in [0.5, 0.6) is 0 Å². The van der Waals surface area contributed by atoms with Crippen molar-refractivity contribution in [2.45, 2.75) is 20.4 Å². The third kappa shape index (κ3) is 3.65. The average Bonchev–Trinajstić information content (AvgIpc) is 2.94. The van der Waals surface area contributed by atoms with Gasteiger partial charge in [-0.2, -0.15) is 4.98 Å². The van der Waals surface area contributed by atoms with E-state index >= 15 is 0 Å². The number of carbonyl (C=O) groups is 2. The standard InChI is InChI=1S/C14H15N3O4/c1-3-20-14(19)13(18)15-8-11-16-12(17-21-11)10-7-5-4-6-9(10)2/h4-7H,3,8H2,1-2H3,(H,15,18). The lowest BCUT2D eigenvalue weighted by Gasteiger charge is -2.01. The molecule has 21 heavy (non-hydrogen) atoms. The quantitative estimate of drug-likeness (QED) is 0.672. The summed E-state index contributed by atoms with van der Waals surface area (Å²) in [5.41, 5.74) is 1.87. The number of ether oxygens (including phenoxy) is 1. The molecule has 0 spiro atoms. The molecule has 0 aliphatic heterocycles. The molecule has 0 aliphatic carbocycles. The van der Waals surface area contributed by atoms with Crippen LogP contribution in [-0.2, 0) is 20.9 Å². The van der Waals surface area contributed by atoms with E-state index in [1.54, 1.807) is 6.92 Å². The molecule has 110 valence electrons. The lowest BCUT2D eigenvalue weighted by molar-refractivity contribution is -0.154. The second-order valence-electron chi connectivity index (χ2n) is 4.23. The van der Waals surface area contributed by atoms with Crippen molar-refractivity contribution in [3.05, 3.63) is 35.7 Å². The first-order chi connectivity index (χ1) is 10.1. The van der Waals surface area contributed by atoms with Crippen molar-refractivity contribution in [3.8, 4) is 11.4 Å². The predicted molar refractivity (Wildman–Crippen MR) is 73.0 cm³/mol. The molecule has 2 rings (SSSR count). The molecule has 7 heteroatoms. The van der Waals surface area contributed by atoms with Gasteiger partial charge in [0.05, 0.1) is 13.2 Å². The first-order valence-corrected chi connectivity index (χ1v) is 6.45. The summed E-state index contributed by atoms with van der Waals surface area (Å²) in [4.78, 5) is 26.7. The number of aromatic nitrogens is 2. The smallest absolute Gasteiger partial charge is 0.396 e. The first kappa shape index (κ1) is 14.7. The van der Waals surface area contributed by atoms with E-state index in [-0.39, 0.29) is 19.0 Å². The maximum atomic E-state index is 11.4. The molecule has 0 saturated heterocycles. The Morgan fingerprint density at radius 3 is 2.81 bits per heavy atom. The van der Waals surface area contributed by atoms with Gasteiger partial charge in [-0.25, -0.2) is 4.79 Å². The number of amides is 1. The van der Waals surface area contributed by atoms with Gasteiger partial charge >= 0.3 is 11.9 Å².